The van der Waals surface area contributed by atoms with Crippen LogP contribution in [0, 0.1) is 5.82 Å². The molecule has 1 heterocycles. The van der Waals surface area contributed by atoms with Crippen molar-refractivity contribution in [3.8, 4) is 11.1 Å². The average molecular weight is 421 g/mol. The van der Waals surface area contributed by atoms with E-state index in [4.69, 9.17) is 0 Å². The second kappa shape index (κ2) is 9.13. The Morgan fingerprint density at radius 1 is 0.933 bits per heavy atom. The van der Waals surface area contributed by atoms with Crippen molar-refractivity contribution in [2.75, 3.05) is 12.3 Å². The Kier molecular flexibility index (Phi) is 6.14. The zero-order valence-electron chi connectivity index (χ0n) is 16.2. The van der Waals surface area contributed by atoms with Crippen molar-refractivity contribution in [1.82, 2.24) is 10.6 Å². The summed E-state index contributed by atoms with van der Waals surface area (Å²) < 4.78 is 14.0. The van der Waals surface area contributed by atoms with Crippen LogP contribution in [0.4, 0.5) is 4.39 Å². The molecule has 2 N–H and O–H groups in total. The van der Waals surface area contributed by atoms with Gasteiger partial charge in [0.15, 0.2) is 0 Å². The van der Waals surface area contributed by atoms with Gasteiger partial charge in [0.25, 0.3) is 5.91 Å². The molecule has 0 radical (unpaired) electrons. The molecule has 3 aromatic rings. The fourth-order valence-electron chi connectivity index (χ4n) is 3.49. The third-order valence-corrected chi connectivity index (χ3v) is 6.18. The van der Waals surface area contributed by atoms with E-state index >= 15 is 0 Å². The number of hydrogen-bond acceptors (Lipinski definition) is 3. The molecule has 6 heteroatoms. The zero-order chi connectivity index (χ0) is 20.9. The summed E-state index contributed by atoms with van der Waals surface area (Å²) in [7, 11) is 0. The summed E-state index contributed by atoms with van der Waals surface area (Å²) in [6, 6.07) is 21.8. The lowest BCUT2D eigenvalue weighted by Crippen LogP contribution is -2.39. The topological polar surface area (TPSA) is 58.2 Å². The van der Waals surface area contributed by atoms with Crippen LogP contribution in [0.2, 0.25) is 0 Å². The Labute approximate surface area is 178 Å². The van der Waals surface area contributed by atoms with Crippen LogP contribution in [0.25, 0.3) is 11.1 Å². The van der Waals surface area contributed by atoms with Crippen molar-refractivity contribution in [2.24, 2.45) is 0 Å². The average Bonchev–Trinajstić information content (AvgIpc) is 2.79. The van der Waals surface area contributed by atoms with E-state index in [0.717, 1.165) is 28.9 Å². The van der Waals surface area contributed by atoms with Crippen LogP contribution in [0.5, 0.6) is 0 Å². The molecule has 0 bridgehead atoms. The number of carbonyl (C=O) groups is 2. The van der Waals surface area contributed by atoms with Crippen LogP contribution in [0.1, 0.15) is 28.4 Å². The number of halogens is 1. The Hall–Kier alpha value is -3.12. The van der Waals surface area contributed by atoms with E-state index in [0.29, 0.717) is 10.5 Å². The second-order valence-electron chi connectivity index (χ2n) is 7.04. The lowest BCUT2D eigenvalue weighted by molar-refractivity contribution is -0.120. The van der Waals surface area contributed by atoms with Gasteiger partial charge in [-0.2, -0.15) is 0 Å². The summed E-state index contributed by atoms with van der Waals surface area (Å²) in [6.07, 6.45) is 0.724. The number of hydrogen-bond donors (Lipinski definition) is 2. The number of rotatable bonds is 5. The van der Waals surface area contributed by atoms with Gasteiger partial charge in [-0.3, -0.25) is 9.59 Å². The minimum Gasteiger partial charge on any atom is -0.348 e. The predicted molar refractivity (Wildman–Crippen MR) is 117 cm³/mol. The summed E-state index contributed by atoms with van der Waals surface area (Å²) in [4.78, 5) is 25.3. The lowest BCUT2D eigenvalue weighted by Gasteiger charge is -2.26. The molecule has 4 nitrogen and oxygen atoms in total. The largest absolute Gasteiger partial charge is 0.348 e. The van der Waals surface area contributed by atoms with Crippen molar-refractivity contribution < 1.29 is 14.0 Å². The molecule has 0 saturated heterocycles. The molecule has 0 spiro atoms. The van der Waals surface area contributed by atoms with Gasteiger partial charge in [0.05, 0.1) is 12.6 Å². The molecule has 0 saturated carbocycles. The van der Waals surface area contributed by atoms with E-state index in [2.05, 4.69) is 10.6 Å². The predicted octanol–water partition coefficient (Wildman–Crippen LogP) is 4.58. The summed E-state index contributed by atoms with van der Waals surface area (Å²) >= 11 is 1.47. The smallest absolute Gasteiger partial charge is 0.251 e. The highest BCUT2D eigenvalue weighted by Crippen LogP contribution is 2.37. The normalized spacial score (nSPS) is 15.2. The molecule has 0 unspecified atom stereocenters. The van der Waals surface area contributed by atoms with Gasteiger partial charge in [-0.25, -0.2) is 4.39 Å². The molecule has 0 aromatic heterocycles. The molecular weight excluding hydrogens is 399 g/mol. The Bertz CT molecular complexity index is 1050. The number of carbonyl (C=O) groups excluding carboxylic acids is 2. The molecule has 1 aliphatic heterocycles. The number of nitrogens with one attached hydrogen (secondary N) is 2. The lowest BCUT2D eigenvalue weighted by atomic mass is 10.0. The van der Waals surface area contributed by atoms with E-state index < -0.39 is 0 Å². The van der Waals surface area contributed by atoms with Crippen LogP contribution >= 0.6 is 11.8 Å². The maximum absolute atomic E-state index is 14.0. The molecule has 30 heavy (non-hydrogen) atoms. The quantitative estimate of drug-likeness (QED) is 0.635. The molecule has 3 aromatic carbocycles. The van der Waals surface area contributed by atoms with Crippen molar-refractivity contribution in [3.63, 3.8) is 0 Å². The zero-order valence-corrected chi connectivity index (χ0v) is 17.0. The van der Waals surface area contributed by atoms with E-state index in [1.54, 1.807) is 18.2 Å². The second-order valence-corrected chi connectivity index (χ2v) is 8.15. The highest BCUT2D eigenvalue weighted by Gasteiger charge is 2.24. The third kappa shape index (κ3) is 4.54. The standard InChI is InChI=1S/C24H21FN2O2S/c25-20-8-4-7-19-21(13-14-30-23(19)20)27-22(28)15-26-24(29)18-11-9-17(10-12-18)16-5-2-1-3-6-16/h1-12,21H,13-15H2,(H,26,29)(H,27,28)/t21-/m0/s1. The highest BCUT2D eigenvalue weighted by atomic mass is 32.2. The first-order valence-corrected chi connectivity index (χ1v) is 10.7. The SMILES string of the molecule is O=C(CNC(=O)c1ccc(-c2ccccc2)cc1)N[C@H]1CCSc2c(F)cccc21. The van der Waals surface area contributed by atoms with Gasteiger partial charge in [0.2, 0.25) is 5.91 Å². The molecule has 1 aliphatic rings. The molecular formula is C24H21FN2O2S. The van der Waals surface area contributed by atoms with Gasteiger partial charge in [-0.15, -0.1) is 11.8 Å². The maximum Gasteiger partial charge on any atom is 0.251 e. The fourth-order valence-corrected chi connectivity index (χ4v) is 4.63. The minimum absolute atomic E-state index is 0.131. The number of amides is 2. The maximum atomic E-state index is 14.0. The molecule has 152 valence electrons. The van der Waals surface area contributed by atoms with Gasteiger partial charge in [0, 0.05) is 16.2 Å². The van der Waals surface area contributed by atoms with Gasteiger partial charge in [0.1, 0.15) is 5.82 Å². The van der Waals surface area contributed by atoms with Crippen LogP contribution in [0.15, 0.2) is 77.7 Å². The van der Waals surface area contributed by atoms with Gasteiger partial charge < -0.3 is 10.6 Å². The molecule has 0 fully saturated rings. The minimum atomic E-state index is -0.310. The van der Waals surface area contributed by atoms with E-state index in [1.165, 1.54) is 17.8 Å². The van der Waals surface area contributed by atoms with Crippen molar-refractivity contribution in [2.45, 2.75) is 17.4 Å². The van der Waals surface area contributed by atoms with Gasteiger partial charge in [-0.1, -0.05) is 54.6 Å². The summed E-state index contributed by atoms with van der Waals surface area (Å²) in [5.74, 6) is -0.130. The number of thioether (sulfide) groups is 1. The molecule has 0 aliphatic carbocycles. The van der Waals surface area contributed by atoms with Gasteiger partial charge >= 0.3 is 0 Å². The Balaban J connectivity index is 1.33. The summed E-state index contributed by atoms with van der Waals surface area (Å²) in [6.45, 7) is -0.131. The summed E-state index contributed by atoms with van der Waals surface area (Å²) in [5, 5.41) is 5.56. The van der Waals surface area contributed by atoms with Crippen LogP contribution < -0.4 is 10.6 Å². The Morgan fingerprint density at radius 2 is 1.67 bits per heavy atom. The van der Waals surface area contributed by atoms with Crippen LogP contribution in [-0.4, -0.2) is 24.1 Å². The molecule has 4 rings (SSSR count). The van der Waals surface area contributed by atoms with Crippen molar-refractivity contribution in [1.29, 1.82) is 0 Å². The number of fused-ring (bicyclic) bond motifs is 1. The van der Waals surface area contributed by atoms with Gasteiger partial charge in [-0.05, 0) is 41.3 Å². The van der Waals surface area contributed by atoms with E-state index in [1.807, 2.05) is 48.5 Å². The molecule has 1 atom stereocenters. The number of benzene rings is 3. The first-order chi connectivity index (χ1) is 14.6. The monoisotopic (exact) mass is 420 g/mol. The first-order valence-electron chi connectivity index (χ1n) is 9.76. The third-order valence-electron chi connectivity index (χ3n) is 5.02. The van der Waals surface area contributed by atoms with Crippen molar-refractivity contribution >= 4 is 23.6 Å². The van der Waals surface area contributed by atoms with E-state index in [-0.39, 0.29) is 30.2 Å². The highest BCUT2D eigenvalue weighted by molar-refractivity contribution is 7.99. The van der Waals surface area contributed by atoms with Crippen molar-refractivity contribution in [3.05, 3.63) is 89.7 Å². The van der Waals surface area contributed by atoms with Crippen LogP contribution in [-0.2, 0) is 4.79 Å². The Morgan fingerprint density at radius 3 is 2.43 bits per heavy atom. The fraction of sp³-hybridized carbons (Fsp3) is 0.167. The van der Waals surface area contributed by atoms with Crippen LogP contribution in [0.3, 0.4) is 0 Å². The molecule has 2 amide bonds. The van der Waals surface area contributed by atoms with E-state index in [9.17, 15) is 14.0 Å². The first kappa shape index (κ1) is 20.2. The summed E-state index contributed by atoms with van der Waals surface area (Å²) in [5.41, 5.74) is 3.38.